The van der Waals surface area contributed by atoms with Gasteiger partial charge in [0.1, 0.15) is 0 Å². The molecule has 7 nitrogen and oxygen atoms in total. The third-order valence-electron chi connectivity index (χ3n) is 5.43. The zero-order valence-corrected chi connectivity index (χ0v) is 14.7. The minimum atomic E-state index is -0.470. The second-order valence-electron chi connectivity index (χ2n) is 6.64. The number of methoxy groups -OCH3 is 2. The molecular formula is C19H20N2O5. The Kier molecular flexibility index (Phi) is 3.96. The third-order valence-corrected chi connectivity index (χ3v) is 5.43. The first-order chi connectivity index (χ1) is 12.5. The minimum absolute atomic E-state index is 0.128. The molecule has 4 rings (SSSR count). The van der Waals surface area contributed by atoms with Gasteiger partial charge in [0.15, 0.2) is 17.2 Å². The number of hydrogen-bond acceptors (Lipinski definition) is 6. The van der Waals surface area contributed by atoms with Crippen LogP contribution in [0.5, 0.6) is 17.2 Å². The molecule has 2 aromatic rings. The number of nitro groups is 1. The first-order valence-corrected chi connectivity index (χ1v) is 8.51. The minimum Gasteiger partial charge on any atom is -0.502 e. The van der Waals surface area contributed by atoms with Crippen LogP contribution < -0.4 is 9.47 Å². The number of nitrogens with zero attached hydrogens (tertiary/aromatic N) is 2. The van der Waals surface area contributed by atoms with Gasteiger partial charge < -0.3 is 14.6 Å². The molecule has 0 amide bonds. The maximum atomic E-state index is 11.6. The van der Waals surface area contributed by atoms with Crippen LogP contribution in [-0.2, 0) is 19.4 Å². The molecule has 0 aromatic heterocycles. The number of hydrogen-bond donors (Lipinski definition) is 1. The van der Waals surface area contributed by atoms with E-state index in [2.05, 4.69) is 4.90 Å². The standard InChI is InChI=1S/C19H20N2O5/c1-25-16-6-4-12-9-14-17-11(3-5-15(22)18(17)21(23)24)7-8-20(14)10-13(12)19(16)26-2/h3-6,14,22H,7-10H2,1-2H3. The van der Waals surface area contributed by atoms with E-state index < -0.39 is 4.92 Å². The van der Waals surface area contributed by atoms with E-state index in [1.807, 2.05) is 12.1 Å². The summed E-state index contributed by atoms with van der Waals surface area (Å²) in [5.41, 5.74) is 3.58. The summed E-state index contributed by atoms with van der Waals surface area (Å²) >= 11 is 0. The topological polar surface area (TPSA) is 85.1 Å². The van der Waals surface area contributed by atoms with Crippen LogP contribution in [-0.4, -0.2) is 35.7 Å². The Morgan fingerprint density at radius 2 is 1.96 bits per heavy atom. The number of phenols is 1. The highest BCUT2D eigenvalue weighted by atomic mass is 16.6. The Morgan fingerprint density at radius 1 is 1.19 bits per heavy atom. The van der Waals surface area contributed by atoms with Gasteiger partial charge in [0.05, 0.1) is 24.7 Å². The molecule has 0 fully saturated rings. The summed E-state index contributed by atoms with van der Waals surface area (Å²) in [5.74, 6) is 1.14. The molecule has 0 bridgehead atoms. The van der Waals surface area contributed by atoms with Gasteiger partial charge in [-0.3, -0.25) is 15.0 Å². The van der Waals surface area contributed by atoms with Crippen molar-refractivity contribution in [3.63, 3.8) is 0 Å². The summed E-state index contributed by atoms with van der Waals surface area (Å²) in [6.45, 7) is 1.44. The molecule has 1 atom stereocenters. The predicted octanol–water partition coefficient (Wildman–Crippen LogP) is 2.97. The van der Waals surface area contributed by atoms with E-state index in [1.54, 1.807) is 20.3 Å². The number of ether oxygens (including phenoxy) is 2. The third kappa shape index (κ3) is 2.39. The van der Waals surface area contributed by atoms with Crippen LogP contribution in [0.1, 0.15) is 28.3 Å². The maximum absolute atomic E-state index is 11.6. The van der Waals surface area contributed by atoms with Crippen molar-refractivity contribution in [2.75, 3.05) is 20.8 Å². The number of fused-ring (bicyclic) bond motifs is 4. The maximum Gasteiger partial charge on any atom is 0.315 e. The van der Waals surface area contributed by atoms with Gasteiger partial charge in [0, 0.05) is 24.7 Å². The van der Waals surface area contributed by atoms with E-state index in [4.69, 9.17) is 9.47 Å². The average molecular weight is 356 g/mol. The molecule has 0 radical (unpaired) electrons. The Balaban J connectivity index is 1.84. The van der Waals surface area contributed by atoms with Crippen LogP contribution >= 0.6 is 0 Å². The molecule has 2 aromatic carbocycles. The molecule has 1 unspecified atom stereocenters. The molecule has 2 aliphatic heterocycles. The lowest BCUT2D eigenvalue weighted by atomic mass is 9.82. The van der Waals surface area contributed by atoms with Crippen LogP contribution in [0.3, 0.4) is 0 Å². The van der Waals surface area contributed by atoms with Crippen LogP contribution in [0.2, 0.25) is 0 Å². The molecule has 2 heterocycles. The van der Waals surface area contributed by atoms with E-state index >= 15 is 0 Å². The number of nitro benzene ring substituents is 1. The Bertz CT molecular complexity index is 896. The number of aromatic hydroxyl groups is 1. The fraction of sp³-hybridized carbons (Fsp3) is 0.368. The van der Waals surface area contributed by atoms with Crippen molar-refractivity contribution in [2.24, 2.45) is 0 Å². The second-order valence-corrected chi connectivity index (χ2v) is 6.64. The summed E-state index contributed by atoms with van der Waals surface area (Å²) in [6.07, 6.45) is 1.35. The molecular weight excluding hydrogens is 336 g/mol. The zero-order valence-electron chi connectivity index (χ0n) is 14.7. The van der Waals surface area contributed by atoms with E-state index in [-0.39, 0.29) is 17.5 Å². The highest BCUT2D eigenvalue weighted by Crippen LogP contribution is 2.47. The molecule has 0 saturated carbocycles. The van der Waals surface area contributed by atoms with Crippen LogP contribution in [0.4, 0.5) is 5.69 Å². The van der Waals surface area contributed by atoms with Gasteiger partial charge in [-0.15, -0.1) is 0 Å². The van der Waals surface area contributed by atoms with Gasteiger partial charge >= 0.3 is 5.69 Å². The van der Waals surface area contributed by atoms with E-state index in [1.165, 1.54) is 6.07 Å². The summed E-state index contributed by atoms with van der Waals surface area (Å²) in [5, 5.41) is 21.7. The van der Waals surface area contributed by atoms with Crippen molar-refractivity contribution in [3.8, 4) is 17.2 Å². The Hall–Kier alpha value is -2.80. The van der Waals surface area contributed by atoms with Crippen LogP contribution in [0.25, 0.3) is 0 Å². The van der Waals surface area contributed by atoms with Gasteiger partial charge in [0.2, 0.25) is 0 Å². The second kappa shape index (κ2) is 6.17. The molecule has 1 N–H and O–H groups in total. The first-order valence-electron chi connectivity index (χ1n) is 8.51. The summed E-state index contributed by atoms with van der Waals surface area (Å²) < 4.78 is 11.0. The Labute approximate surface area is 150 Å². The SMILES string of the molecule is COc1ccc2c(c1OC)CN1CCc3ccc(O)c([N+](=O)[O-])c3C1C2. The molecule has 2 aliphatic rings. The summed E-state index contributed by atoms with van der Waals surface area (Å²) in [6, 6.07) is 6.97. The largest absolute Gasteiger partial charge is 0.502 e. The zero-order chi connectivity index (χ0) is 18.4. The van der Waals surface area contributed by atoms with Gasteiger partial charge in [0.25, 0.3) is 0 Å². The van der Waals surface area contributed by atoms with Crippen molar-refractivity contribution in [3.05, 3.63) is 56.6 Å². The first kappa shape index (κ1) is 16.7. The Morgan fingerprint density at radius 3 is 2.65 bits per heavy atom. The van der Waals surface area contributed by atoms with E-state index in [9.17, 15) is 15.2 Å². The van der Waals surface area contributed by atoms with Crippen molar-refractivity contribution in [1.82, 2.24) is 4.90 Å². The predicted molar refractivity (Wildman–Crippen MR) is 94.9 cm³/mol. The monoisotopic (exact) mass is 356 g/mol. The summed E-state index contributed by atoms with van der Waals surface area (Å²) in [7, 11) is 3.23. The van der Waals surface area contributed by atoms with Crippen LogP contribution in [0.15, 0.2) is 24.3 Å². The van der Waals surface area contributed by atoms with Crippen LogP contribution in [0, 0.1) is 10.1 Å². The fourth-order valence-corrected chi connectivity index (χ4v) is 4.25. The lowest BCUT2D eigenvalue weighted by Crippen LogP contribution is -2.39. The van der Waals surface area contributed by atoms with Gasteiger partial charge in [-0.2, -0.15) is 0 Å². The van der Waals surface area contributed by atoms with Crippen molar-refractivity contribution in [2.45, 2.75) is 25.4 Å². The van der Waals surface area contributed by atoms with Gasteiger partial charge in [-0.05, 0) is 36.1 Å². The lowest BCUT2D eigenvalue weighted by molar-refractivity contribution is -0.387. The normalized spacial score (nSPS) is 18.5. The number of rotatable bonds is 3. The smallest absolute Gasteiger partial charge is 0.315 e. The average Bonchev–Trinajstić information content (AvgIpc) is 2.64. The van der Waals surface area contributed by atoms with Crippen molar-refractivity contribution < 1.29 is 19.5 Å². The molecule has 26 heavy (non-hydrogen) atoms. The quantitative estimate of drug-likeness (QED) is 0.672. The molecule has 0 aliphatic carbocycles. The lowest BCUT2D eigenvalue weighted by Gasteiger charge is -2.41. The molecule has 0 saturated heterocycles. The van der Waals surface area contributed by atoms with Crippen molar-refractivity contribution >= 4 is 5.69 Å². The molecule has 136 valence electrons. The highest BCUT2D eigenvalue weighted by Gasteiger charge is 2.39. The summed E-state index contributed by atoms with van der Waals surface area (Å²) in [4.78, 5) is 13.3. The van der Waals surface area contributed by atoms with E-state index in [0.29, 0.717) is 30.7 Å². The number of benzene rings is 2. The number of phenolic OH excluding ortho intramolecular Hbond substituents is 1. The molecule has 0 spiro atoms. The van der Waals surface area contributed by atoms with Gasteiger partial charge in [-0.1, -0.05) is 12.1 Å². The van der Waals surface area contributed by atoms with Crippen molar-refractivity contribution in [1.29, 1.82) is 0 Å². The van der Waals surface area contributed by atoms with E-state index in [0.717, 1.165) is 29.0 Å². The molecule has 7 heteroatoms. The van der Waals surface area contributed by atoms with Gasteiger partial charge in [-0.25, -0.2) is 0 Å². The highest BCUT2D eigenvalue weighted by molar-refractivity contribution is 5.60. The fourth-order valence-electron chi connectivity index (χ4n) is 4.25.